The lowest BCUT2D eigenvalue weighted by molar-refractivity contribution is 0.0996. The summed E-state index contributed by atoms with van der Waals surface area (Å²) in [6, 6.07) is 17.3. The zero-order chi connectivity index (χ0) is 26.1. The van der Waals surface area contributed by atoms with Gasteiger partial charge in [0.05, 0.1) is 23.8 Å². The first kappa shape index (κ1) is 24.7. The Morgan fingerprint density at radius 3 is 2.57 bits per heavy atom. The minimum absolute atomic E-state index is 0.123. The number of ether oxygens (including phenoxy) is 1. The minimum Gasteiger partial charge on any atom is -0.447 e. The van der Waals surface area contributed by atoms with Crippen molar-refractivity contribution in [2.45, 2.75) is 45.4 Å². The van der Waals surface area contributed by atoms with E-state index in [0.29, 0.717) is 43.3 Å². The van der Waals surface area contributed by atoms with Gasteiger partial charge in [-0.15, -0.1) is 0 Å². The molecule has 1 aromatic carbocycles. The Kier molecular flexibility index (Phi) is 6.80. The van der Waals surface area contributed by atoms with E-state index >= 15 is 0 Å². The maximum absolute atomic E-state index is 13.6. The van der Waals surface area contributed by atoms with Crippen LogP contribution in [0.2, 0.25) is 0 Å². The predicted octanol–water partition coefficient (Wildman–Crippen LogP) is 3.77. The molecule has 5 rings (SSSR count). The number of cyclic esters (lactones) is 1. The quantitative estimate of drug-likeness (QED) is 0.504. The van der Waals surface area contributed by atoms with Crippen molar-refractivity contribution in [2.75, 3.05) is 35.4 Å². The molecule has 1 fully saturated rings. The molecule has 0 saturated carbocycles. The summed E-state index contributed by atoms with van der Waals surface area (Å²) < 4.78 is 5.39. The van der Waals surface area contributed by atoms with E-state index in [1.807, 2.05) is 56.6 Å². The number of benzene rings is 1. The van der Waals surface area contributed by atoms with Crippen LogP contribution >= 0.6 is 0 Å². The monoisotopic (exact) mass is 500 g/mol. The molecule has 1 saturated heterocycles. The molecule has 2 amide bonds. The van der Waals surface area contributed by atoms with Crippen LogP contribution in [0.25, 0.3) is 0 Å². The number of carbonyl (C=O) groups excluding carboxylic acids is 2. The maximum atomic E-state index is 13.6. The molecule has 0 spiro atoms. The predicted molar refractivity (Wildman–Crippen MR) is 143 cm³/mol. The molecule has 192 valence electrons. The lowest BCUT2D eigenvalue weighted by Gasteiger charge is -2.24. The summed E-state index contributed by atoms with van der Waals surface area (Å²) in [5.74, 6) is 1.60. The molecule has 2 aliphatic rings. The summed E-state index contributed by atoms with van der Waals surface area (Å²) in [7, 11) is 3.85. The molecular weight excluding hydrogens is 468 g/mol. The number of nitrogens with one attached hydrogen (secondary N) is 1. The fourth-order valence-electron chi connectivity index (χ4n) is 4.77. The molecule has 9 heteroatoms. The van der Waals surface area contributed by atoms with Gasteiger partial charge in [-0.2, -0.15) is 0 Å². The van der Waals surface area contributed by atoms with Gasteiger partial charge < -0.3 is 15.0 Å². The van der Waals surface area contributed by atoms with Gasteiger partial charge in [0.2, 0.25) is 0 Å². The smallest absolute Gasteiger partial charge is 0.415 e. The fourth-order valence-corrected chi connectivity index (χ4v) is 4.77. The van der Waals surface area contributed by atoms with Crippen molar-refractivity contribution in [3.8, 4) is 0 Å². The van der Waals surface area contributed by atoms with Gasteiger partial charge in [-0.25, -0.2) is 14.8 Å². The first-order chi connectivity index (χ1) is 17.9. The van der Waals surface area contributed by atoms with Crippen LogP contribution in [0.5, 0.6) is 0 Å². The van der Waals surface area contributed by atoms with E-state index in [0.717, 1.165) is 22.6 Å². The van der Waals surface area contributed by atoms with Crippen LogP contribution < -0.4 is 20.0 Å². The van der Waals surface area contributed by atoms with Crippen molar-refractivity contribution in [2.24, 2.45) is 0 Å². The Morgan fingerprint density at radius 2 is 1.84 bits per heavy atom. The third kappa shape index (κ3) is 4.74. The highest BCUT2D eigenvalue weighted by Gasteiger charge is 2.37. The summed E-state index contributed by atoms with van der Waals surface area (Å²) in [6.45, 7) is 5.39. The topological polar surface area (TPSA) is 90.9 Å². The number of carbonyl (C=O) groups is 2. The second-order valence-electron chi connectivity index (χ2n) is 9.72. The molecule has 9 nitrogen and oxygen atoms in total. The van der Waals surface area contributed by atoms with E-state index in [9.17, 15) is 9.59 Å². The Labute approximate surface area is 217 Å². The molecule has 4 heterocycles. The molecule has 3 aromatic rings. The van der Waals surface area contributed by atoms with Crippen molar-refractivity contribution in [3.63, 3.8) is 0 Å². The fraction of sp³-hybridized carbons (Fsp3) is 0.357. The third-order valence-electron chi connectivity index (χ3n) is 6.99. The molecule has 0 radical (unpaired) electrons. The van der Waals surface area contributed by atoms with Gasteiger partial charge in [0.25, 0.3) is 5.91 Å². The second kappa shape index (κ2) is 10.2. The van der Waals surface area contributed by atoms with Crippen LogP contribution in [-0.4, -0.2) is 54.8 Å². The highest BCUT2D eigenvalue weighted by Crippen LogP contribution is 2.33. The number of hydrogen-bond acceptors (Lipinski definition) is 7. The summed E-state index contributed by atoms with van der Waals surface area (Å²) in [5.41, 5.74) is 3.50. The minimum atomic E-state index is -0.427. The molecule has 2 aromatic heterocycles. The molecule has 1 N–H and O–H groups in total. The number of amides is 2. The molecule has 2 aliphatic heterocycles. The zero-order valence-corrected chi connectivity index (χ0v) is 21.6. The Balaban J connectivity index is 1.45. The van der Waals surface area contributed by atoms with Gasteiger partial charge in [0.1, 0.15) is 24.1 Å². The summed E-state index contributed by atoms with van der Waals surface area (Å²) in [5, 5.41) is 3.17. The van der Waals surface area contributed by atoms with E-state index in [1.54, 1.807) is 21.9 Å². The average molecular weight is 501 g/mol. The number of hydrogen-bond donors (Lipinski definition) is 1. The van der Waals surface area contributed by atoms with E-state index in [2.05, 4.69) is 24.1 Å². The SMILES string of the molecule is CNCc1nc(N(C)C(C)C)cc2c1CN(c1cccc(N3C(=O)OC[C@@H]3Cc3ccccc3)n1)C2=O. The Morgan fingerprint density at radius 1 is 1.08 bits per heavy atom. The van der Waals surface area contributed by atoms with Crippen molar-refractivity contribution in [1.29, 1.82) is 0 Å². The molecule has 0 aliphatic carbocycles. The van der Waals surface area contributed by atoms with Gasteiger partial charge in [0.15, 0.2) is 0 Å². The van der Waals surface area contributed by atoms with Crippen molar-refractivity contribution in [1.82, 2.24) is 15.3 Å². The highest BCUT2D eigenvalue weighted by atomic mass is 16.6. The van der Waals surface area contributed by atoms with Crippen LogP contribution in [-0.2, 0) is 24.2 Å². The van der Waals surface area contributed by atoms with Crippen LogP contribution in [0.15, 0.2) is 54.6 Å². The van der Waals surface area contributed by atoms with Gasteiger partial charge in [-0.1, -0.05) is 36.4 Å². The van der Waals surface area contributed by atoms with Crippen LogP contribution in [0.4, 0.5) is 22.2 Å². The van der Waals surface area contributed by atoms with Crippen LogP contribution in [0.3, 0.4) is 0 Å². The lowest BCUT2D eigenvalue weighted by Crippen LogP contribution is -2.36. The van der Waals surface area contributed by atoms with Gasteiger partial charge >= 0.3 is 6.09 Å². The number of anilines is 3. The molecule has 37 heavy (non-hydrogen) atoms. The second-order valence-corrected chi connectivity index (χ2v) is 9.72. The average Bonchev–Trinajstić information content (AvgIpc) is 3.43. The van der Waals surface area contributed by atoms with Crippen LogP contribution in [0, 0.1) is 0 Å². The molecule has 1 atom stereocenters. The van der Waals surface area contributed by atoms with E-state index in [4.69, 9.17) is 14.7 Å². The molecule has 0 unspecified atom stereocenters. The standard InChI is InChI=1S/C28H32N6O3/c1-18(2)32(4)26-14-21-22(23(30-26)15-29-3)16-33(27(21)35)24-11-8-12-25(31-24)34-20(17-37-28(34)36)13-19-9-6-5-7-10-19/h5-12,14,18,20,29H,13,15-17H2,1-4H3/t20-/m0/s1. The lowest BCUT2D eigenvalue weighted by atomic mass is 10.1. The number of pyridine rings is 2. The number of rotatable bonds is 8. The van der Waals surface area contributed by atoms with E-state index in [-0.39, 0.29) is 18.0 Å². The molecular formula is C28H32N6O3. The zero-order valence-electron chi connectivity index (χ0n) is 21.6. The Bertz CT molecular complexity index is 1310. The van der Waals surface area contributed by atoms with Gasteiger partial charge in [-0.05, 0) is 51.1 Å². The maximum Gasteiger partial charge on any atom is 0.415 e. The Hall–Kier alpha value is -3.98. The van der Waals surface area contributed by atoms with E-state index < -0.39 is 6.09 Å². The van der Waals surface area contributed by atoms with Crippen molar-refractivity contribution < 1.29 is 14.3 Å². The van der Waals surface area contributed by atoms with Crippen molar-refractivity contribution >= 4 is 29.5 Å². The number of fused-ring (bicyclic) bond motifs is 1. The highest BCUT2D eigenvalue weighted by molar-refractivity contribution is 6.10. The normalized spacial score (nSPS) is 16.9. The third-order valence-corrected chi connectivity index (χ3v) is 6.99. The first-order valence-corrected chi connectivity index (χ1v) is 12.6. The largest absolute Gasteiger partial charge is 0.447 e. The van der Waals surface area contributed by atoms with E-state index in [1.165, 1.54) is 0 Å². The summed E-state index contributed by atoms with van der Waals surface area (Å²) in [4.78, 5) is 41.2. The van der Waals surface area contributed by atoms with Crippen molar-refractivity contribution in [3.05, 3.63) is 77.0 Å². The first-order valence-electron chi connectivity index (χ1n) is 12.6. The number of nitrogens with zero attached hydrogens (tertiary/aromatic N) is 5. The summed E-state index contributed by atoms with van der Waals surface area (Å²) in [6.07, 6.45) is 0.223. The number of aromatic nitrogens is 2. The van der Waals surface area contributed by atoms with Crippen LogP contribution in [0.1, 0.15) is 41.0 Å². The van der Waals surface area contributed by atoms with Gasteiger partial charge in [0, 0.05) is 25.2 Å². The van der Waals surface area contributed by atoms with Gasteiger partial charge in [-0.3, -0.25) is 14.6 Å². The molecule has 0 bridgehead atoms. The summed E-state index contributed by atoms with van der Waals surface area (Å²) >= 11 is 0.